The van der Waals surface area contributed by atoms with Crippen LogP contribution in [0.15, 0.2) is 60.0 Å². The van der Waals surface area contributed by atoms with Gasteiger partial charge in [-0.05, 0) is 51.5 Å². The lowest BCUT2D eigenvalue weighted by Crippen LogP contribution is -2.22. The minimum atomic E-state index is -0.0801. The molecule has 29 heavy (non-hydrogen) atoms. The molecule has 2 aromatic carbocycles. The number of fused-ring (bicyclic) bond motifs is 1. The maximum absolute atomic E-state index is 6.23. The fourth-order valence-electron chi connectivity index (χ4n) is 3.34. The molecular weight excluding hydrogens is 402 g/mol. The number of rotatable bonds is 5. The highest BCUT2D eigenvalue weighted by atomic mass is 35.5. The first-order chi connectivity index (χ1) is 13.8. The summed E-state index contributed by atoms with van der Waals surface area (Å²) < 4.78 is 4.38. The van der Waals surface area contributed by atoms with Gasteiger partial charge >= 0.3 is 0 Å². The Morgan fingerprint density at radius 1 is 1.10 bits per heavy atom. The van der Waals surface area contributed by atoms with E-state index in [1.807, 2.05) is 24.3 Å². The molecule has 2 heterocycles. The van der Waals surface area contributed by atoms with Gasteiger partial charge in [-0.15, -0.1) is 10.2 Å². The van der Waals surface area contributed by atoms with E-state index in [0.717, 1.165) is 28.6 Å². The zero-order valence-corrected chi connectivity index (χ0v) is 18.6. The highest BCUT2D eigenvalue weighted by molar-refractivity contribution is 7.99. The van der Waals surface area contributed by atoms with Gasteiger partial charge in [0.25, 0.3) is 0 Å². The van der Waals surface area contributed by atoms with Crippen LogP contribution < -0.4 is 0 Å². The second-order valence-corrected chi connectivity index (χ2v) is 9.83. The van der Waals surface area contributed by atoms with Crippen LogP contribution in [-0.2, 0) is 12.1 Å². The zero-order chi connectivity index (χ0) is 20.6. The summed E-state index contributed by atoms with van der Waals surface area (Å²) in [6.45, 7) is 9.37. The second kappa shape index (κ2) is 7.84. The van der Waals surface area contributed by atoms with Gasteiger partial charge in [-0.25, -0.2) is 4.98 Å². The molecule has 0 unspecified atom stereocenters. The van der Waals surface area contributed by atoms with Crippen molar-refractivity contribution in [1.29, 1.82) is 0 Å². The maximum atomic E-state index is 6.23. The van der Waals surface area contributed by atoms with Crippen LogP contribution in [0.1, 0.15) is 44.3 Å². The SMILES string of the molecule is C[C@H](Sc1nncn1C(C)(C)C)c1nc2cc(Cl)ccc2n1Cc1ccccc1. The van der Waals surface area contributed by atoms with Gasteiger partial charge in [0.15, 0.2) is 5.16 Å². The summed E-state index contributed by atoms with van der Waals surface area (Å²) >= 11 is 7.90. The lowest BCUT2D eigenvalue weighted by molar-refractivity contribution is 0.367. The van der Waals surface area contributed by atoms with Crippen molar-refractivity contribution in [2.75, 3.05) is 0 Å². The summed E-state index contributed by atoms with van der Waals surface area (Å²) in [7, 11) is 0. The quantitative estimate of drug-likeness (QED) is 0.371. The third kappa shape index (κ3) is 4.19. The minimum Gasteiger partial charge on any atom is -0.323 e. The van der Waals surface area contributed by atoms with Crippen LogP contribution in [0.5, 0.6) is 0 Å². The van der Waals surface area contributed by atoms with E-state index >= 15 is 0 Å². The summed E-state index contributed by atoms with van der Waals surface area (Å²) in [6.07, 6.45) is 1.79. The Labute approximate surface area is 180 Å². The molecule has 0 aliphatic heterocycles. The Kier molecular flexibility index (Phi) is 5.40. The van der Waals surface area contributed by atoms with Crippen LogP contribution >= 0.6 is 23.4 Å². The number of halogens is 1. The molecule has 0 amide bonds. The van der Waals surface area contributed by atoms with E-state index in [9.17, 15) is 0 Å². The molecule has 5 nitrogen and oxygen atoms in total. The van der Waals surface area contributed by atoms with Gasteiger partial charge in [-0.1, -0.05) is 53.7 Å². The second-order valence-electron chi connectivity index (χ2n) is 8.09. The molecule has 0 saturated heterocycles. The Morgan fingerprint density at radius 2 is 1.86 bits per heavy atom. The topological polar surface area (TPSA) is 48.5 Å². The Morgan fingerprint density at radius 3 is 2.59 bits per heavy atom. The van der Waals surface area contributed by atoms with E-state index in [1.165, 1.54) is 5.56 Å². The van der Waals surface area contributed by atoms with Crippen molar-refractivity contribution in [3.63, 3.8) is 0 Å². The zero-order valence-electron chi connectivity index (χ0n) is 17.0. The monoisotopic (exact) mass is 425 g/mol. The van der Waals surface area contributed by atoms with Crippen molar-refractivity contribution in [2.45, 2.75) is 50.2 Å². The number of thioether (sulfide) groups is 1. The van der Waals surface area contributed by atoms with E-state index in [4.69, 9.17) is 16.6 Å². The lowest BCUT2D eigenvalue weighted by atomic mass is 10.1. The summed E-state index contributed by atoms with van der Waals surface area (Å²) in [5.74, 6) is 1.000. The molecule has 0 saturated carbocycles. The van der Waals surface area contributed by atoms with Gasteiger partial charge in [0.2, 0.25) is 0 Å². The molecule has 0 spiro atoms. The number of aromatic nitrogens is 5. The standard InChI is InChI=1S/C22H24ClN5S/c1-15(29-21-26-24-14-28(21)22(2,3)4)20-25-18-12-17(23)10-11-19(18)27(20)13-16-8-6-5-7-9-16/h5-12,14-15H,13H2,1-4H3/t15-/m0/s1. The Bertz CT molecular complexity index is 1130. The van der Waals surface area contributed by atoms with Crippen molar-refractivity contribution >= 4 is 34.4 Å². The predicted octanol–water partition coefficient (Wildman–Crippen LogP) is 5.94. The number of hydrogen-bond acceptors (Lipinski definition) is 4. The van der Waals surface area contributed by atoms with Crippen molar-refractivity contribution in [3.05, 3.63) is 71.3 Å². The largest absolute Gasteiger partial charge is 0.323 e. The molecule has 0 fully saturated rings. The highest BCUT2D eigenvalue weighted by Crippen LogP contribution is 2.37. The number of benzene rings is 2. The third-order valence-electron chi connectivity index (χ3n) is 4.81. The van der Waals surface area contributed by atoms with Crippen molar-refractivity contribution < 1.29 is 0 Å². The van der Waals surface area contributed by atoms with Gasteiger partial charge in [0.05, 0.1) is 16.3 Å². The Balaban J connectivity index is 1.74. The van der Waals surface area contributed by atoms with Crippen LogP contribution in [-0.4, -0.2) is 24.3 Å². The molecule has 2 aromatic heterocycles. The van der Waals surface area contributed by atoms with E-state index < -0.39 is 0 Å². The average Bonchev–Trinajstić information content (AvgIpc) is 3.27. The molecular formula is C22H24ClN5S. The van der Waals surface area contributed by atoms with Gasteiger partial charge in [0.1, 0.15) is 12.2 Å². The van der Waals surface area contributed by atoms with Crippen LogP contribution in [0, 0.1) is 0 Å². The normalized spacial score (nSPS) is 13.1. The molecule has 0 radical (unpaired) electrons. The molecule has 7 heteroatoms. The summed E-state index contributed by atoms with van der Waals surface area (Å²) in [6, 6.07) is 16.3. The maximum Gasteiger partial charge on any atom is 0.192 e. The fourth-order valence-corrected chi connectivity index (χ4v) is 4.64. The van der Waals surface area contributed by atoms with Crippen LogP contribution in [0.3, 0.4) is 0 Å². The van der Waals surface area contributed by atoms with Crippen LogP contribution in [0.2, 0.25) is 5.02 Å². The van der Waals surface area contributed by atoms with Crippen LogP contribution in [0.4, 0.5) is 0 Å². The lowest BCUT2D eigenvalue weighted by Gasteiger charge is -2.23. The molecule has 0 N–H and O–H groups in total. The smallest absolute Gasteiger partial charge is 0.192 e. The predicted molar refractivity (Wildman–Crippen MR) is 120 cm³/mol. The van der Waals surface area contributed by atoms with E-state index in [2.05, 4.69) is 71.3 Å². The first kappa shape index (κ1) is 20.0. The Hall–Kier alpha value is -2.31. The van der Waals surface area contributed by atoms with Crippen molar-refractivity contribution in [3.8, 4) is 0 Å². The number of nitrogens with zero attached hydrogens (tertiary/aromatic N) is 5. The summed E-state index contributed by atoms with van der Waals surface area (Å²) in [4.78, 5) is 4.94. The first-order valence-corrected chi connectivity index (χ1v) is 10.9. The van der Waals surface area contributed by atoms with Gasteiger partial charge in [-0.3, -0.25) is 0 Å². The van der Waals surface area contributed by atoms with E-state index in [0.29, 0.717) is 5.02 Å². The number of imidazole rings is 1. The molecule has 1 atom stereocenters. The molecule has 0 bridgehead atoms. The summed E-state index contributed by atoms with van der Waals surface area (Å²) in [5, 5.41) is 10.2. The number of hydrogen-bond donors (Lipinski definition) is 0. The molecule has 150 valence electrons. The molecule has 0 aliphatic carbocycles. The van der Waals surface area contributed by atoms with E-state index in [-0.39, 0.29) is 10.8 Å². The van der Waals surface area contributed by atoms with Crippen LogP contribution in [0.25, 0.3) is 11.0 Å². The highest BCUT2D eigenvalue weighted by Gasteiger charge is 2.23. The molecule has 0 aliphatic rings. The fraction of sp³-hybridized carbons (Fsp3) is 0.318. The van der Waals surface area contributed by atoms with Gasteiger partial charge < -0.3 is 9.13 Å². The van der Waals surface area contributed by atoms with Crippen molar-refractivity contribution in [2.24, 2.45) is 0 Å². The molecule has 4 rings (SSSR count). The van der Waals surface area contributed by atoms with Crippen molar-refractivity contribution in [1.82, 2.24) is 24.3 Å². The first-order valence-electron chi connectivity index (χ1n) is 9.59. The minimum absolute atomic E-state index is 0.0801. The van der Waals surface area contributed by atoms with Gasteiger partial charge in [-0.2, -0.15) is 0 Å². The summed E-state index contributed by atoms with van der Waals surface area (Å²) in [5.41, 5.74) is 3.15. The molecule has 4 aromatic rings. The third-order valence-corrected chi connectivity index (χ3v) is 6.10. The average molecular weight is 426 g/mol. The van der Waals surface area contributed by atoms with E-state index in [1.54, 1.807) is 18.1 Å². The van der Waals surface area contributed by atoms with Gasteiger partial charge in [0, 0.05) is 17.1 Å².